The molecule has 0 aliphatic rings. The summed E-state index contributed by atoms with van der Waals surface area (Å²) in [5.41, 5.74) is 2.26. The highest BCUT2D eigenvalue weighted by molar-refractivity contribution is 6.31. The molecule has 1 amide bonds. The van der Waals surface area contributed by atoms with Crippen LogP contribution in [0.1, 0.15) is 27.7 Å². The van der Waals surface area contributed by atoms with Crippen molar-refractivity contribution < 1.29 is 14.6 Å². The van der Waals surface area contributed by atoms with E-state index in [4.69, 9.17) is 16.3 Å². The number of aromatic nitrogens is 3. The van der Waals surface area contributed by atoms with E-state index in [0.717, 1.165) is 5.56 Å². The Kier molecular flexibility index (Phi) is 5.73. The van der Waals surface area contributed by atoms with E-state index >= 15 is 0 Å². The lowest BCUT2D eigenvalue weighted by atomic mass is 10.1. The van der Waals surface area contributed by atoms with Gasteiger partial charge in [-0.1, -0.05) is 35.0 Å². The molecule has 2 N–H and O–H groups in total. The van der Waals surface area contributed by atoms with Gasteiger partial charge in [0.15, 0.2) is 5.69 Å². The van der Waals surface area contributed by atoms with Crippen LogP contribution in [0.2, 0.25) is 5.02 Å². The predicted octanol–water partition coefficient (Wildman–Crippen LogP) is 3.23. The molecule has 0 aliphatic carbocycles. The van der Waals surface area contributed by atoms with Gasteiger partial charge < -0.3 is 15.2 Å². The number of para-hydroxylation sites is 1. The number of hydrogen-bond acceptors (Lipinski definition) is 5. The van der Waals surface area contributed by atoms with Gasteiger partial charge in [-0.05, 0) is 36.8 Å². The third-order valence-corrected chi connectivity index (χ3v) is 4.47. The van der Waals surface area contributed by atoms with Crippen LogP contribution in [0.4, 0.5) is 5.69 Å². The number of aliphatic hydroxyl groups excluding tert-OH is 1. The molecule has 3 aromatic rings. The quantitative estimate of drug-likeness (QED) is 0.678. The van der Waals surface area contributed by atoms with Crippen LogP contribution in [-0.2, 0) is 6.54 Å². The summed E-state index contributed by atoms with van der Waals surface area (Å²) >= 11 is 5.99. The van der Waals surface area contributed by atoms with Gasteiger partial charge in [-0.25, -0.2) is 4.68 Å². The normalized spacial score (nSPS) is 11.9. The Balaban J connectivity index is 1.68. The molecular formula is C19H19ClN4O3. The van der Waals surface area contributed by atoms with E-state index in [1.54, 1.807) is 37.4 Å². The highest BCUT2D eigenvalue weighted by Gasteiger charge is 2.16. The molecule has 0 fully saturated rings. The Bertz CT molecular complexity index is 958. The van der Waals surface area contributed by atoms with Gasteiger partial charge >= 0.3 is 0 Å². The van der Waals surface area contributed by atoms with Crippen molar-refractivity contribution in [3.63, 3.8) is 0 Å². The lowest BCUT2D eigenvalue weighted by Crippen LogP contribution is -2.13. The first-order valence-corrected chi connectivity index (χ1v) is 8.64. The first-order valence-electron chi connectivity index (χ1n) is 8.26. The van der Waals surface area contributed by atoms with Crippen LogP contribution in [0.15, 0.2) is 48.7 Å². The van der Waals surface area contributed by atoms with Gasteiger partial charge in [0.2, 0.25) is 0 Å². The minimum atomic E-state index is -0.849. The zero-order chi connectivity index (χ0) is 19.4. The average Bonchev–Trinajstić information content (AvgIpc) is 3.13. The number of aryl methyl sites for hydroxylation is 1. The van der Waals surface area contributed by atoms with Gasteiger partial charge in [-0.15, -0.1) is 5.10 Å². The summed E-state index contributed by atoms with van der Waals surface area (Å²) in [4.78, 5) is 12.3. The monoisotopic (exact) mass is 386 g/mol. The Morgan fingerprint density at radius 1 is 1.33 bits per heavy atom. The maximum Gasteiger partial charge on any atom is 0.277 e. The fraction of sp³-hybridized carbons (Fsp3) is 0.211. The second-order valence-corrected chi connectivity index (χ2v) is 6.41. The smallest absolute Gasteiger partial charge is 0.277 e. The molecule has 0 aliphatic heterocycles. The van der Waals surface area contributed by atoms with Crippen molar-refractivity contribution in [2.45, 2.75) is 19.6 Å². The number of amides is 1. The number of benzene rings is 2. The van der Waals surface area contributed by atoms with E-state index < -0.39 is 12.0 Å². The molecule has 140 valence electrons. The summed E-state index contributed by atoms with van der Waals surface area (Å²) in [5.74, 6) is 0.191. The van der Waals surface area contributed by atoms with Crippen LogP contribution in [0.3, 0.4) is 0 Å². The number of halogens is 1. The topological polar surface area (TPSA) is 89.3 Å². The number of aliphatic hydroxyl groups is 1. The maximum absolute atomic E-state index is 12.3. The first-order chi connectivity index (χ1) is 13.0. The molecule has 0 saturated heterocycles. The fourth-order valence-electron chi connectivity index (χ4n) is 2.63. The van der Waals surface area contributed by atoms with Gasteiger partial charge in [0.05, 0.1) is 19.9 Å². The Hall–Kier alpha value is -2.90. The summed E-state index contributed by atoms with van der Waals surface area (Å²) in [6.45, 7) is 1.99. The minimum Gasteiger partial charge on any atom is -0.496 e. The van der Waals surface area contributed by atoms with Crippen molar-refractivity contribution in [2.24, 2.45) is 0 Å². The van der Waals surface area contributed by atoms with Gasteiger partial charge in [0.25, 0.3) is 5.91 Å². The van der Waals surface area contributed by atoms with Crippen LogP contribution < -0.4 is 10.1 Å². The lowest BCUT2D eigenvalue weighted by molar-refractivity contribution is 0.102. The Morgan fingerprint density at radius 3 is 2.85 bits per heavy atom. The van der Waals surface area contributed by atoms with Gasteiger partial charge in [0, 0.05) is 16.3 Å². The number of carbonyl (C=O) groups is 1. The van der Waals surface area contributed by atoms with E-state index in [1.165, 1.54) is 10.9 Å². The number of nitrogens with zero attached hydrogens (tertiary/aromatic N) is 3. The van der Waals surface area contributed by atoms with Crippen molar-refractivity contribution in [1.82, 2.24) is 15.0 Å². The second kappa shape index (κ2) is 8.20. The molecule has 7 nitrogen and oxygen atoms in total. The molecule has 1 heterocycles. The molecule has 1 unspecified atom stereocenters. The fourth-order valence-corrected chi connectivity index (χ4v) is 2.74. The number of rotatable bonds is 6. The molecule has 8 heteroatoms. The SMILES string of the molecule is COc1ccccc1C(O)Cn1cc(C(=O)Nc2ccc(Cl)c(C)c2)nn1. The lowest BCUT2D eigenvalue weighted by Gasteiger charge is -2.14. The van der Waals surface area contributed by atoms with Crippen LogP contribution in [0.5, 0.6) is 5.75 Å². The van der Waals surface area contributed by atoms with E-state index in [9.17, 15) is 9.90 Å². The largest absolute Gasteiger partial charge is 0.496 e. The van der Waals surface area contributed by atoms with Crippen molar-refractivity contribution in [3.05, 3.63) is 70.5 Å². The minimum absolute atomic E-state index is 0.140. The average molecular weight is 387 g/mol. The van der Waals surface area contributed by atoms with Crippen LogP contribution in [0, 0.1) is 6.92 Å². The molecule has 2 aromatic carbocycles. The van der Waals surface area contributed by atoms with E-state index in [1.807, 2.05) is 19.1 Å². The van der Waals surface area contributed by atoms with Crippen LogP contribution >= 0.6 is 11.6 Å². The molecule has 0 saturated carbocycles. The highest BCUT2D eigenvalue weighted by atomic mass is 35.5. The zero-order valence-corrected chi connectivity index (χ0v) is 15.6. The number of methoxy groups -OCH3 is 1. The summed E-state index contributed by atoms with van der Waals surface area (Å²) in [6, 6.07) is 12.4. The number of nitrogens with one attached hydrogen (secondary N) is 1. The molecule has 1 atom stereocenters. The molecule has 0 bridgehead atoms. The third-order valence-electron chi connectivity index (χ3n) is 4.05. The van der Waals surface area contributed by atoms with Crippen molar-refractivity contribution in [3.8, 4) is 5.75 Å². The molecule has 3 rings (SSSR count). The highest BCUT2D eigenvalue weighted by Crippen LogP contribution is 2.25. The number of hydrogen-bond donors (Lipinski definition) is 2. The third kappa shape index (κ3) is 4.45. The van der Waals surface area contributed by atoms with E-state index in [2.05, 4.69) is 15.6 Å². The van der Waals surface area contributed by atoms with Gasteiger partial charge in [-0.2, -0.15) is 0 Å². The molecule has 1 aromatic heterocycles. The standard InChI is InChI=1S/C19H19ClN4O3/c1-12-9-13(7-8-15(12)20)21-19(26)16-10-24(23-22-16)11-17(25)14-5-3-4-6-18(14)27-2/h3-10,17,25H,11H2,1-2H3,(H,21,26). The van der Waals surface area contributed by atoms with Crippen LogP contribution in [-0.4, -0.2) is 33.1 Å². The van der Waals surface area contributed by atoms with Gasteiger partial charge in [0.1, 0.15) is 11.9 Å². The number of carbonyl (C=O) groups excluding carboxylic acids is 1. The summed E-state index contributed by atoms with van der Waals surface area (Å²) in [6.07, 6.45) is 0.634. The Morgan fingerprint density at radius 2 is 2.11 bits per heavy atom. The second-order valence-electron chi connectivity index (χ2n) is 6.00. The molecular weight excluding hydrogens is 368 g/mol. The zero-order valence-electron chi connectivity index (χ0n) is 14.9. The van der Waals surface area contributed by atoms with Crippen molar-refractivity contribution >= 4 is 23.2 Å². The van der Waals surface area contributed by atoms with Crippen molar-refractivity contribution in [2.75, 3.05) is 12.4 Å². The molecule has 0 spiro atoms. The summed E-state index contributed by atoms with van der Waals surface area (Å²) in [7, 11) is 1.54. The number of anilines is 1. The predicted molar refractivity (Wildman–Crippen MR) is 102 cm³/mol. The maximum atomic E-state index is 12.3. The van der Waals surface area contributed by atoms with Crippen LogP contribution in [0.25, 0.3) is 0 Å². The van der Waals surface area contributed by atoms with Gasteiger partial charge in [-0.3, -0.25) is 4.79 Å². The molecule has 0 radical (unpaired) electrons. The van der Waals surface area contributed by atoms with E-state index in [0.29, 0.717) is 22.0 Å². The van der Waals surface area contributed by atoms with E-state index in [-0.39, 0.29) is 12.2 Å². The van der Waals surface area contributed by atoms with Crippen molar-refractivity contribution in [1.29, 1.82) is 0 Å². The number of ether oxygens (including phenoxy) is 1. The summed E-state index contributed by atoms with van der Waals surface area (Å²) < 4.78 is 6.67. The molecule has 27 heavy (non-hydrogen) atoms. The Labute approximate surface area is 161 Å². The summed E-state index contributed by atoms with van der Waals surface area (Å²) in [5, 5.41) is 21.6. The first kappa shape index (κ1) is 18.9.